The van der Waals surface area contributed by atoms with E-state index in [0.29, 0.717) is 24.6 Å². The SMILES string of the molecule is CCOC(=O)c1ccc(Nc2ccccc2COC)nc1. The Morgan fingerprint density at radius 2 is 2.05 bits per heavy atom. The lowest BCUT2D eigenvalue weighted by Gasteiger charge is -2.11. The van der Waals surface area contributed by atoms with E-state index < -0.39 is 0 Å². The molecule has 2 aromatic rings. The summed E-state index contributed by atoms with van der Waals surface area (Å²) in [5, 5.41) is 3.21. The standard InChI is InChI=1S/C16H18N2O3/c1-3-21-16(19)12-8-9-15(17-10-12)18-14-7-5-4-6-13(14)11-20-2/h4-10H,3,11H2,1-2H3,(H,17,18). The lowest BCUT2D eigenvalue weighted by molar-refractivity contribution is 0.0526. The summed E-state index contributed by atoms with van der Waals surface area (Å²) in [4.78, 5) is 15.8. The first-order valence-electron chi connectivity index (χ1n) is 6.71. The molecule has 0 saturated heterocycles. The third-order valence-corrected chi connectivity index (χ3v) is 2.85. The van der Waals surface area contributed by atoms with Gasteiger partial charge in [-0.3, -0.25) is 0 Å². The van der Waals surface area contributed by atoms with E-state index >= 15 is 0 Å². The van der Waals surface area contributed by atoms with Crippen molar-refractivity contribution in [2.75, 3.05) is 19.0 Å². The molecule has 0 aliphatic carbocycles. The van der Waals surface area contributed by atoms with Gasteiger partial charge in [-0.2, -0.15) is 0 Å². The summed E-state index contributed by atoms with van der Waals surface area (Å²) in [6, 6.07) is 11.3. The van der Waals surface area contributed by atoms with Crippen LogP contribution in [0.25, 0.3) is 0 Å². The number of nitrogens with one attached hydrogen (secondary N) is 1. The molecular formula is C16H18N2O3. The van der Waals surface area contributed by atoms with Crippen LogP contribution in [-0.2, 0) is 16.1 Å². The van der Waals surface area contributed by atoms with Gasteiger partial charge in [0.25, 0.3) is 0 Å². The number of methoxy groups -OCH3 is 1. The first-order chi connectivity index (χ1) is 10.2. The Hall–Kier alpha value is -2.40. The molecule has 0 bridgehead atoms. The first-order valence-corrected chi connectivity index (χ1v) is 6.71. The largest absolute Gasteiger partial charge is 0.462 e. The summed E-state index contributed by atoms with van der Waals surface area (Å²) < 4.78 is 10.1. The molecule has 1 aromatic carbocycles. The second kappa shape index (κ2) is 7.40. The number of hydrogen-bond acceptors (Lipinski definition) is 5. The molecule has 0 radical (unpaired) electrons. The van der Waals surface area contributed by atoms with Crippen molar-refractivity contribution in [3.05, 3.63) is 53.7 Å². The minimum Gasteiger partial charge on any atom is -0.462 e. The number of rotatable bonds is 6. The molecule has 110 valence electrons. The number of ether oxygens (including phenoxy) is 2. The van der Waals surface area contributed by atoms with E-state index in [0.717, 1.165) is 11.3 Å². The Morgan fingerprint density at radius 1 is 1.24 bits per heavy atom. The van der Waals surface area contributed by atoms with Gasteiger partial charge in [0.1, 0.15) is 5.82 Å². The number of benzene rings is 1. The van der Waals surface area contributed by atoms with Crippen LogP contribution in [0.3, 0.4) is 0 Å². The van der Waals surface area contributed by atoms with Crippen molar-refractivity contribution >= 4 is 17.5 Å². The highest BCUT2D eigenvalue weighted by Crippen LogP contribution is 2.20. The van der Waals surface area contributed by atoms with Crippen molar-refractivity contribution in [2.24, 2.45) is 0 Å². The van der Waals surface area contributed by atoms with Crippen molar-refractivity contribution in [2.45, 2.75) is 13.5 Å². The maximum absolute atomic E-state index is 11.6. The average Bonchev–Trinajstić information content (AvgIpc) is 2.50. The number of aromatic nitrogens is 1. The maximum atomic E-state index is 11.6. The fraction of sp³-hybridized carbons (Fsp3) is 0.250. The van der Waals surface area contributed by atoms with Crippen LogP contribution >= 0.6 is 0 Å². The predicted octanol–water partition coefficient (Wildman–Crippen LogP) is 3.15. The topological polar surface area (TPSA) is 60.5 Å². The van der Waals surface area contributed by atoms with E-state index in [2.05, 4.69) is 10.3 Å². The van der Waals surface area contributed by atoms with Gasteiger partial charge in [-0.15, -0.1) is 0 Å². The Morgan fingerprint density at radius 3 is 2.71 bits per heavy atom. The molecule has 21 heavy (non-hydrogen) atoms. The zero-order valence-electron chi connectivity index (χ0n) is 12.1. The quantitative estimate of drug-likeness (QED) is 0.827. The lowest BCUT2D eigenvalue weighted by atomic mass is 10.2. The van der Waals surface area contributed by atoms with Gasteiger partial charge in [0.05, 0.1) is 18.8 Å². The molecule has 2 rings (SSSR count). The van der Waals surface area contributed by atoms with Crippen LogP contribution in [0.1, 0.15) is 22.8 Å². The summed E-state index contributed by atoms with van der Waals surface area (Å²) >= 11 is 0. The fourth-order valence-electron chi connectivity index (χ4n) is 1.86. The zero-order chi connectivity index (χ0) is 15.1. The molecule has 0 spiro atoms. The monoisotopic (exact) mass is 286 g/mol. The van der Waals surface area contributed by atoms with E-state index in [1.165, 1.54) is 6.20 Å². The number of anilines is 2. The highest BCUT2D eigenvalue weighted by Gasteiger charge is 2.07. The summed E-state index contributed by atoms with van der Waals surface area (Å²) in [7, 11) is 1.66. The molecule has 0 fully saturated rings. The fourth-order valence-corrected chi connectivity index (χ4v) is 1.86. The molecule has 5 nitrogen and oxygen atoms in total. The highest BCUT2D eigenvalue weighted by atomic mass is 16.5. The molecule has 0 aliphatic heterocycles. The molecule has 1 aromatic heterocycles. The van der Waals surface area contributed by atoms with Crippen molar-refractivity contribution in [1.82, 2.24) is 4.98 Å². The number of hydrogen-bond donors (Lipinski definition) is 1. The summed E-state index contributed by atoms with van der Waals surface area (Å²) in [6.45, 7) is 2.64. The number of esters is 1. The minimum absolute atomic E-state index is 0.350. The Labute approximate surface area is 123 Å². The molecule has 1 N–H and O–H groups in total. The lowest BCUT2D eigenvalue weighted by Crippen LogP contribution is -2.05. The number of carbonyl (C=O) groups is 1. The van der Waals surface area contributed by atoms with Gasteiger partial charge in [-0.05, 0) is 25.1 Å². The van der Waals surface area contributed by atoms with E-state index in [9.17, 15) is 4.79 Å². The molecular weight excluding hydrogens is 268 g/mol. The second-order valence-electron chi connectivity index (χ2n) is 4.37. The Bertz CT molecular complexity index is 597. The Balaban J connectivity index is 2.12. The van der Waals surface area contributed by atoms with E-state index in [-0.39, 0.29) is 5.97 Å². The molecule has 0 atom stereocenters. The summed E-state index contributed by atoms with van der Waals surface area (Å²) in [5.74, 6) is 0.294. The van der Waals surface area contributed by atoms with E-state index in [4.69, 9.17) is 9.47 Å². The molecule has 0 amide bonds. The van der Waals surface area contributed by atoms with E-state index in [1.54, 1.807) is 26.2 Å². The van der Waals surface area contributed by atoms with Gasteiger partial charge < -0.3 is 14.8 Å². The van der Waals surface area contributed by atoms with Crippen LogP contribution in [0.4, 0.5) is 11.5 Å². The smallest absolute Gasteiger partial charge is 0.339 e. The van der Waals surface area contributed by atoms with Crippen molar-refractivity contribution in [3.8, 4) is 0 Å². The molecule has 1 heterocycles. The number of pyridine rings is 1. The van der Waals surface area contributed by atoms with E-state index in [1.807, 2.05) is 24.3 Å². The number of para-hydroxylation sites is 1. The zero-order valence-corrected chi connectivity index (χ0v) is 12.1. The predicted molar refractivity (Wildman–Crippen MR) is 80.6 cm³/mol. The van der Waals surface area contributed by atoms with Crippen LogP contribution in [0.2, 0.25) is 0 Å². The molecule has 5 heteroatoms. The maximum Gasteiger partial charge on any atom is 0.339 e. The molecule has 0 aliphatic rings. The highest BCUT2D eigenvalue weighted by molar-refractivity contribution is 5.89. The minimum atomic E-state index is -0.365. The summed E-state index contributed by atoms with van der Waals surface area (Å²) in [6.07, 6.45) is 1.50. The van der Waals surface area contributed by atoms with Gasteiger partial charge in [0.15, 0.2) is 0 Å². The van der Waals surface area contributed by atoms with Gasteiger partial charge in [-0.1, -0.05) is 18.2 Å². The second-order valence-corrected chi connectivity index (χ2v) is 4.37. The third-order valence-electron chi connectivity index (χ3n) is 2.85. The van der Waals surface area contributed by atoms with Crippen molar-refractivity contribution in [3.63, 3.8) is 0 Å². The molecule has 0 unspecified atom stereocenters. The van der Waals surface area contributed by atoms with Crippen molar-refractivity contribution in [1.29, 1.82) is 0 Å². The average molecular weight is 286 g/mol. The van der Waals surface area contributed by atoms with Crippen LogP contribution in [0.15, 0.2) is 42.6 Å². The van der Waals surface area contributed by atoms with Crippen LogP contribution in [0.5, 0.6) is 0 Å². The normalized spacial score (nSPS) is 10.2. The van der Waals surface area contributed by atoms with Crippen LogP contribution < -0.4 is 5.32 Å². The number of nitrogens with zero attached hydrogens (tertiary/aromatic N) is 1. The Kier molecular flexibility index (Phi) is 5.29. The van der Waals surface area contributed by atoms with Crippen LogP contribution in [0, 0.1) is 0 Å². The van der Waals surface area contributed by atoms with Gasteiger partial charge >= 0.3 is 5.97 Å². The third kappa shape index (κ3) is 4.03. The first kappa shape index (κ1) is 15.0. The molecule has 0 saturated carbocycles. The van der Waals surface area contributed by atoms with Crippen LogP contribution in [-0.4, -0.2) is 24.7 Å². The van der Waals surface area contributed by atoms with Gasteiger partial charge in [0.2, 0.25) is 0 Å². The summed E-state index contributed by atoms with van der Waals surface area (Å²) in [5.41, 5.74) is 2.40. The number of carbonyl (C=O) groups excluding carboxylic acids is 1. The van der Waals surface area contributed by atoms with Gasteiger partial charge in [0, 0.05) is 24.6 Å². The van der Waals surface area contributed by atoms with Crippen molar-refractivity contribution < 1.29 is 14.3 Å². The van der Waals surface area contributed by atoms with Gasteiger partial charge in [-0.25, -0.2) is 9.78 Å².